The van der Waals surface area contributed by atoms with E-state index < -0.39 is 0 Å². The summed E-state index contributed by atoms with van der Waals surface area (Å²) in [7, 11) is 0. The first-order chi connectivity index (χ1) is 13.2. The molecule has 2 aliphatic heterocycles. The number of hydrogen-bond acceptors (Lipinski definition) is 5. The van der Waals surface area contributed by atoms with E-state index in [1.165, 1.54) is 6.07 Å². The highest BCUT2D eigenvalue weighted by atomic mass is 16.7. The van der Waals surface area contributed by atoms with Gasteiger partial charge in [-0.3, -0.25) is 9.59 Å². The molecule has 1 unspecified atom stereocenters. The van der Waals surface area contributed by atoms with Crippen LogP contribution in [0, 0.1) is 0 Å². The maximum absolute atomic E-state index is 12.9. The zero-order chi connectivity index (χ0) is 18.4. The van der Waals surface area contributed by atoms with Crippen molar-refractivity contribution in [3.8, 4) is 11.5 Å². The van der Waals surface area contributed by atoms with Crippen LogP contribution in [0.2, 0.25) is 0 Å². The van der Waals surface area contributed by atoms with E-state index in [1.807, 2.05) is 18.2 Å². The van der Waals surface area contributed by atoms with Crippen molar-refractivity contribution in [1.29, 1.82) is 0 Å². The molecule has 5 rings (SSSR count). The standard InChI is InChI=1S/C21H17NO5/c23-16-10-20(27-17-4-2-1-3-15(16)17)21(24)22-8-7-14(11-22)13-5-6-18-19(9-13)26-12-25-18/h1-6,9-10,14H,7-8,11-12H2. The molecule has 0 saturated carbocycles. The maximum Gasteiger partial charge on any atom is 0.289 e. The van der Waals surface area contributed by atoms with Crippen LogP contribution in [-0.4, -0.2) is 30.7 Å². The number of carbonyl (C=O) groups is 1. The molecule has 27 heavy (non-hydrogen) atoms. The SMILES string of the molecule is O=C(c1cc(=O)c2ccccc2o1)N1CCC(c2ccc3c(c2)OCO3)C1. The fourth-order valence-corrected chi connectivity index (χ4v) is 3.75. The third-order valence-electron chi connectivity index (χ3n) is 5.19. The van der Waals surface area contributed by atoms with Crippen molar-refractivity contribution < 1.29 is 18.7 Å². The molecule has 1 fully saturated rings. The highest BCUT2D eigenvalue weighted by Crippen LogP contribution is 2.37. The van der Waals surface area contributed by atoms with E-state index in [1.54, 1.807) is 29.2 Å². The molecule has 1 saturated heterocycles. The van der Waals surface area contributed by atoms with Crippen LogP contribution in [0.4, 0.5) is 0 Å². The Kier molecular flexibility index (Phi) is 3.63. The van der Waals surface area contributed by atoms with Crippen LogP contribution in [0.3, 0.4) is 0 Å². The number of hydrogen-bond donors (Lipinski definition) is 0. The average Bonchev–Trinajstić information content (AvgIpc) is 3.36. The first kappa shape index (κ1) is 15.9. The molecule has 1 atom stereocenters. The summed E-state index contributed by atoms with van der Waals surface area (Å²) in [6.45, 7) is 1.44. The number of rotatable bonds is 2. The predicted octanol–water partition coefficient (Wildman–Crippen LogP) is 3.15. The lowest BCUT2D eigenvalue weighted by molar-refractivity contribution is 0.0760. The molecule has 6 heteroatoms. The van der Waals surface area contributed by atoms with E-state index in [9.17, 15) is 9.59 Å². The molecule has 0 bridgehead atoms. The van der Waals surface area contributed by atoms with Gasteiger partial charge in [-0.1, -0.05) is 18.2 Å². The Bertz CT molecular complexity index is 1100. The van der Waals surface area contributed by atoms with Gasteiger partial charge in [0.15, 0.2) is 22.7 Å². The van der Waals surface area contributed by atoms with Gasteiger partial charge >= 0.3 is 0 Å². The van der Waals surface area contributed by atoms with Crippen molar-refractivity contribution in [2.24, 2.45) is 0 Å². The first-order valence-corrected chi connectivity index (χ1v) is 8.91. The minimum absolute atomic E-state index is 0.0880. The Morgan fingerprint density at radius 2 is 1.89 bits per heavy atom. The van der Waals surface area contributed by atoms with Gasteiger partial charge in [0.2, 0.25) is 6.79 Å². The van der Waals surface area contributed by atoms with Gasteiger partial charge in [0.25, 0.3) is 5.91 Å². The third kappa shape index (κ3) is 2.73. The highest BCUT2D eigenvalue weighted by molar-refractivity contribution is 5.93. The summed E-state index contributed by atoms with van der Waals surface area (Å²) >= 11 is 0. The average molecular weight is 363 g/mol. The third-order valence-corrected chi connectivity index (χ3v) is 5.19. The Hall–Kier alpha value is -3.28. The molecule has 6 nitrogen and oxygen atoms in total. The van der Waals surface area contributed by atoms with Crippen LogP contribution < -0.4 is 14.9 Å². The summed E-state index contributed by atoms with van der Waals surface area (Å²) in [6, 6.07) is 14.2. The Morgan fingerprint density at radius 3 is 2.81 bits per heavy atom. The number of fused-ring (bicyclic) bond motifs is 2. The quantitative estimate of drug-likeness (QED) is 0.700. The van der Waals surface area contributed by atoms with Crippen molar-refractivity contribution in [2.45, 2.75) is 12.3 Å². The van der Waals surface area contributed by atoms with E-state index >= 15 is 0 Å². The fourth-order valence-electron chi connectivity index (χ4n) is 3.75. The number of carbonyl (C=O) groups excluding carboxylic acids is 1. The van der Waals surface area contributed by atoms with E-state index in [4.69, 9.17) is 13.9 Å². The zero-order valence-electron chi connectivity index (χ0n) is 14.5. The number of amides is 1. The predicted molar refractivity (Wildman–Crippen MR) is 98.3 cm³/mol. The monoisotopic (exact) mass is 363 g/mol. The van der Waals surface area contributed by atoms with Crippen LogP contribution in [0.5, 0.6) is 11.5 Å². The second-order valence-electron chi connectivity index (χ2n) is 6.82. The second kappa shape index (κ2) is 6.16. The molecule has 1 amide bonds. The number of benzene rings is 2. The zero-order valence-corrected chi connectivity index (χ0v) is 14.5. The maximum atomic E-state index is 12.9. The first-order valence-electron chi connectivity index (χ1n) is 8.91. The lowest BCUT2D eigenvalue weighted by Gasteiger charge is -2.16. The molecule has 0 radical (unpaired) electrons. The van der Waals surface area contributed by atoms with Crippen molar-refractivity contribution in [3.63, 3.8) is 0 Å². The van der Waals surface area contributed by atoms with Crippen LogP contribution in [0.15, 0.2) is 57.7 Å². The van der Waals surface area contributed by atoms with Crippen LogP contribution in [0.1, 0.15) is 28.5 Å². The second-order valence-corrected chi connectivity index (χ2v) is 6.82. The Balaban J connectivity index is 1.38. The van der Waals surface area contributed by atoms with Gasteiger partial charge in [0.1, 0.15) is 5.58 Å². The number of ether oxygens (including phenoxy) is 2. The van der Waals surface area contributed by atoms with E-state index in [0.29, 0.717) is 24.1 Å². The molecule has 3 heterocycles. The van der Waals surface area contributed by atoms with Gasteiger partial charge in [-0.25, -0.2) is 0 Å². The van der Waals surface area contributed by atoms with Gasteiger partial charge in [-0.2, -0.15) is 0 Å². The topological polar surface area (TPSA) is 69.0 Å². The largest absolute Gasteiger partial charge is 0.454 e. The molecular formula is C21H17NO5. The minimum Gasteiger partial charge on any atom is -0.454 e. The molecule has 136 valence electrons. The normalized spacial score (nSPS) is 18.2. The Morgan fingerprint density at radius 1 is 1.04 bits per heavy atom. The summed E-state index contributed by atoms with van der Waals surface area (Å²) < 4.78 is 16.5. The van der Waals surface area contributed by atoms with Gasteiger partial charge < -0.3 is 18.8 Å². The molecule has 1 aromatic heterocycles. The summed E-state index contributed by atoms with van der Waals surface area (Å²) in [6.07, 6.45) is 0.850. The number of nitrogens with zero attached hydrogens (tertiary/aromatic N) is 1. The summed E-state index contributed by atoms with van der Waals surface area (Å²) in [5, 5.41) is 0.480. The molecule has 0 aliphatic carbocycles. The molecule has 2 aliphatic rings. The summed E-state index contributed by atoms with van der Waals surface area (Å²) in [4.78, 5) is 26.9. The molecule has 0 spiro atoms. The van der Waals surface area contributed by atoms with E-state index in [2.05, 4.69) is 0 Å². The van der Waals surface area contributed by atoms with Crippen molar-refractivity contribution >= 4 is 16.9 Å². The molecule has 0 N–H and O–H groups in total. The van der Waals surface area contributed by atoms with E-state index in [0.717, 1.165) is 23.5 Å². The fraction of sp³-hybridized carbons (Fsp3) is 0.238. The van der Waals surface area contributed by atoms with Crippen LogP contribution >= 0.6 is 0 Å². The van der Waals surface area contributed by atoms with Crippen molar-refractivity contribution in [3.05, 3.63) is 70.1 Å². The van der Waals surface area contributed by atoms with Crippen molar-refractivity contribution in [2.75, 3.05) is 19.9 Å². The van der Waals surface area contributed by atoms with Crippen LogP contribution in [-0.2, 0) is 0 Å². The molecule has 2 aromatic carbocycles. The molecule has 3 aromatic rings. The lowest BCUT2D eigenvalue weighted by atomic mass is 9.98. The van der Waals surface area contributed by atoms with Gasteiger partial charge in [-0.05, 0) is 36.2 Å². The van der Waals surface area contributed by atoms with E-state index in [-0.39, 0.29) is 29.8 Å². The highest BCUT2D eigenvalue weighted by Gasteiger charge is 2.30. The van der Waals surface area contributed by atoms with Crippen LogP contribution in [0.25, 0.3) is 11.0 Å². The van der Waals surface area contributed by atoms with Gasteiger partial charge in [0.05, 0.1) is 5.39 Å². The van der Waals surface area contributed by atoms with Gasteiger partial charge in [-0.15, -0.1) is 0 Å². The smallest absolute Gasteiger partial charge is 0.289 e. The number of para-hydroxylation sites is 1. The number of likely N-dealkylation sites (tertiary alicyclic amines) is 1. The Labute approximate surface area is 154 Å². The summed E-state index contributed by atoms with van der Waals surface area (Å²) in [5.41, 5.74) is 1.35. The lowest BCUT2D eigenvalue weighted by Crippen LogP contribution is -2.29. The van der Waals surface area contributed by atoms with Crippen molar-refractivity contribution in [1.82, 2.24) is 4.90 Å². The molecular weight excluding hydrogens is 346 g/mol. The summed E-state index contributed by atoms with van der Waals surface area (Å²) in [5.74, 6) is 1.56. The van der Waals surface area contributed by atoms with Gasteiger partial charge in [0, 0.05) is 25.1 Å². The minimum atomic E-state index is -0.249.